The maximum Gasteiger partial charge on any atom is 0.328 e. The number of aromatic nitrogens is 2. The number of benzene rings is 2. The van der Waals surface area contributed by atoms with Crippen molar-refractivity contribution in [2.24, 2.45) is 0 Å². The predicted molar refractivity (Wildman–Crippen MR) is 107 cm³/mol. The van der Waals surface area contributed by atoms with Crippen LogP contribution >= 0.6 is 0 Å². The maximum absolute atomic E-state index is 10.6. The summed E-state index contributed by atoms with van der Waals surface area (Å²) >= 11 is 0. The predicted octanol–water partition coefficient (Wildman–Crippen LogP) is 3.83. The SMILES string of the molecule is CN(C)Cc1[nH]c(Cc2ccc(/C=C/C(=O)O)cc2)nc1-c1ccccc1. The third-order valence-electron chi connectivity index (χ3n) is 4.12. The van der Waals surface area contributed by atoms with Crippen LogP contribution < -0.4 is 0 Å². The Morgan fingerprint density at radius 1 is 1.11 bits per heavy atom. The lowest BCUT2D eigenvalue weighted by atomic mass is 10.1. The molecule has 0 amide bonds. The third kappa shape index (κ3) is 5.15. The van der Waals surface area contributed by atoms with E-state index in [-0.39, 0.29) is 0 Å². The zero-order chi connectivity index (χ0) is 19.2. The number of hydrogen-bond acceptors (Lipinski definition) is 3. The fourth-order valence-electron chi connectivity index (χ4n) is 2.92. The first kappa shape index (κ1) is 18.6. The number of aliphatic carboxylic acids is 1. The highest BCUT2D eigenvalue weighted by molar-refractivity contribution is 5.85. The zero-order valence-corrected chi connectivity index (χ0v) is 15.5. The molecule has 138 valence electrons. The molecule has 3 rings (SSSR count). The van der Waals surface area contributed by atoms with Crippen molar-refractivity contribution in [1.29, 1.82) is 0 Å². The van der Waals surface area contributed by atoms with E-state index in [1.54, 1.807) is 6.08 Å². The van der Waals surface area contributed by atoms with E-state index in [0.717, 1.165) is 46.5 Å². The minimum atomic E-state index is -0.948. The number of carbonyl (C=O) groups is 1. The molecular weight excluding hydrogens is 338 g/mol. The van der Waals surface area contributed by atoms with Crippen molar-refractivity contribution in [1.82, 2.24) is 14.9 Å². The van der Waals surface area contributed by atoms with Crippen molar-refractivity contribution in [2.75, 3.05) is 14.1 Å². The van der Waals surface area contributed by atoms with Gasteiger partial charge in [-0.25, -0.2) is 9.78 Å². The second kappa shape index (κ2) is 8.47. The van der Waals surface area contributed by atoms with Crippen molar-refractivity contribution >= 4 is 12.0 Å². The molecule has 0 atom stereocenters. The lowest BCUT2D eigenvalue weighted by Gasteiger charge is -2.09. The number of hydrogen-bond donors (Lipinski definition) is 2. The van der Waals surface area contributed by atoms with Crippen molar-refractivity contribution in [3.8, 4) is 11.3 Å². The molecule has 0 spiro atoms. The Morgan fingerprint density at radius 2 is 1.81 bits per heavy atom. The summed E-state index contributed by atoms with van der Waals surface area (Å²) in [4.78, 5) is 21.0. The van der Waals surface area contributed by atoms with Gasteiger partial charge in [0.15, 0.2) is 0 Å². The van der Waals surface area contributed by atoms with Gasteiger partial charge in [0.25, 0.3) is 0 Å². The largest absolute Gasteiger partial charge is 0.478 e. The third-order valence-corrected chi connectivity index (χ3v) is 4.12. The molecule has 5 heteroatoms. The highest BCUT2D eigenvalue weighted by Crippen LogP contribution is 2.23. The molecule has 0 radical (unpaired) electrons. The van der Waals surface area contributed by atoms with Crippen molar-refractivity contribution in [3.63, 3.8) is 0 Å². The molecule has 1 heterocycles. The van der Waals surface area contributed by atoms with Crippen LogP contribution in [0.25, 0.3) is 17.3 Å². The van der Waals surface area contributed by atoms with E-state index < -0.39 is 5.97 Å². The topological polar surface area (TPSA) is 69.2 Å². The summed E-state index contributed by atoms with van der Waals surface area (Å²) in [5.41, 5.74) is 5.17. The molecule has 27 heavy (non-hydrogen) atoms. The lowest BCUT2D eigenvalue weighted by Crippen LogP contribution is -2.11. The fraction of sp³-hybridized carbons (Fsp3) is 0.182. The molecule has 0 saturated carbocycles. The van der Waals surface area contributed by atoms with E-state index in [2.05, 4.69) is 22.0 Å². The van der Waals surface area contributed by atoms with Gasteiger partial charge in [-0.2, -0.15) is 0 Å². The summed E-state index contributed by atoms with van der Waals surface area (Å²) in [6.45, 7) is 0.788. The Kier molecular flexibility index (Phi) is 5.84. The van der Waals surface area contributed by atoms with Gasteiger partial charge in [-0.05, 0) is 31.3 Å². The average molecular weight is 361 g/mol. The highest BCUT2D eigenvalue weighted by atomic mass is 16.4. The van der Waals surface area contributed by atoms with Gasteiger partial charge in [0.2, 0.25) is 0 Å². The van der Waals surface area contributed by atoms with Crippen LogP contribution in [-0.2, 0) is 17.8 Å². The van der Waals surface area contributed by atoms with Crippen LogP contribution in [-0.4, -0.2) is 40.0 Å². The molecule has 2 aromatic carbocycles. The van der Waals surface area contributed by atoms with E-state index in [1.807, 2.05) is 56.6 Å². The second-order valence-electron chi connectivity index (χ2n) is 6.70. The molecule has 0 unspecified atom stereocenters. The fourth-order valence-corrected chi connectivity index (χ4v) is 2.92. The molecule has 0 bridgehead atoms. The number of aromatic amines is 1. The normalized spacial score (nSPS) is 11.4. The molecule has 1 aromatic heterocycles. The summed E-state index contributed by atoms with van der Waals surface area (Å²) in [5, 5.41) is 8.71. The Labute approximate surface area is 159 Å². The van der Waals surface area contributed by atoms with Gasteiger partial charge in [-0.3, -0.25) is 0 Å². The molecule has 0 saturated heterocycles. The lowest BCUT2D eigenvalue weighted by molar-refractivity contribution is -0.131. The van der Waals surface area contributed by atoms with Crippen LogP contribution in [0.3, 0.4) is 0 Å². The van der Waals surface area contributed by atoms with Gasteiger partial charge in [0, 0.05) is 24.6 Å². The van der Waals surface area contributed by atoms with Gasteiger partial charge < -0.3 is 15.0 Å². The number of carboxylic acids is 1. The molecule has 0 aliphatic rings. The second-order valence-corrected chi connectivity index (χ2v) is 6.70. The molecule has 5 nitrogen and oxygen atoms in total. The number of nitrogens with zero attached hydrogens (tertiary/aromatic N) is 2. The Morgan fingerprint density at radius 3 is 2.44 bits per heavy atom. The van der Waals surface area contributed by atoms with Crippen LogP contribution in [0.15, 0.2) is 60.7 Å². The van der Waals surface area contributed by atoms with Crippen molar-refractivity contribution in [3.05, 3.63) is 83.3 Å². The van der Waals surface area contributed by atoms with Gasteiger partial charge >= 0.3 is 5.97 Å². The van der Waals surface area contributed by atoms with Gasteiger partial charge in [0.05, 0.1) is 11.4 Å². The first-order chi connectivity index (χ1) is 13.0. The number of imidazole rings is 1. The summed E-state index contributed by atoms with van der Waals surface area (Å²) < 4.78 is 0. The smallest absolute Gasteiger partial charge is 0.328 e. The molecule has 0 fully saturated rings. The minimum Gasteiger partial charge on any atom is -0.478 e. The Balaban J connectivity index is 1.82. The average Bonchev–Trinajstić information content (AvgIpc) is 3.03. The Bertz CT molecular complexity index is 926. The molecule has 2 N–H and O–H groups in total. The van der Waals surface area contributed by atoms with E-state index in [9.17, 15) is 4.79 Å². The van der Waals surface area contributed by atoms with Crippen LogP contribution in [0, 0.1) is 0 Å². The minimum absolute atomic E-state index is 0.691. The van der Waals surface area contributed by atoms with Crippen LogP contribution in [0.4, 0.5) is 0 Å². The summed E-state index contributed by atoms with van der Waals surface area (Å²) in [6, 6.07) is 18.0. The summed E-state index contributed by atoms with van der Waals surface area (Å²) in [6.07, 6.45) is 3.42. The Hall–Kier alpha value is -3.18. The van der Waals surface area contributed by atoms with Gasteiger partial charge in [0.1, 0.15) is 5.82 Å². The number of carboxylic acid groups (broad SMARTS) is 1. The zero-order valence-electron chi connectivity index (χ0n) is 15.5. The standard InChI is InChI=1S/C22H23N3O2/c1-25(2)15-19-22(18-6-4-3-5-7-18)24-20(23-19)14-17-10-8-16(9-11-17)12-13-21(26)27/h3-13H,14-15H2,1-2H3,(H,23,24)(H,26,27)/b13-12+. The number of H-pyrrole nitrogens is 1. The van der Waals surface area contributed by atoms with Gasteiger partial charge in [-0.15, -0.1) is 0 Å². The summed E-state index contributed by atoms with van der Waals surface area (Å²) in [5.74, 6) is -0.0314. The van der Waals surface area contributed by atoms with Crippen LogP contribution in [0.1, 0.15) is 22.6 Å². The molecular formula is C22H23N3O2. The van der Waals surface area contributed by atoms with E-state index >= 15 is 0 Å². The van der Waals surface area contributed by atoms with Crippen LogP contribution in [0.2, 0.25) is 0 Å². The molecule has 3 aromatic rings. The highest BCUT2D eigenvalue weighted by Gasteiger charge is 2.13. The van der Waals surface area contributed by atoms with Gasteiger partial charge in [-0.1, -0.05) is 54.6 Å². The van der Waals surface area contributed by atoms with E-state index in [4.69, 9.17) is 10.1 Å². The summed E-state index contributed by atoms with van der Waals surface area (Å²) in [7, 11) is 4.08. The number of rotatable bonds is 7. The maximum atomic E-state index is 10.6. The van der Waals surface area contributed by atoms with Crippen LogP contribution in [0.5, 0.6) is 0 Å². The first-order valence-electron chi connectivity index (χ1n) is 8.79. The van der Waals surface area contributed by atoms with E-state index in [0.29, 0.717) is 6.42 Å². The molecule has 0 aliphatic heterocycles. The molecule has 0 aliphatic carbocycles. The quantitative estimate of drug-likeness (QED) is 0.628. The number of nitrogens with one attached hydrogen (secondary N) is 1. The first-order valence-corrected chi connectivity index (χ1v) is 8.79. The van der Waals surface area contributed by atoms with E-state index in [1.165, 1.54) is 0 Å². The monoisotopic (exact) mass is 361 g/mol. The van der Waals surface area contributed by atoms with Crippen molar-refractivity contribution < 1.29 is 9.90 Å². The van der Waals surface area contributed by atoms with Crippen molar-refractivity contribution in [2.45, 2.75) is 13.0 Å².